The molecule has 2 rings (SSSR count). The van der Waals surface area contributed by atoms with Crippen molar-refractivity contribution in [1.29, 1.82) is 0 Å². The minimum absolute atomic E-state index is 0.110. The number of halogens is 1. The maximum absolute atomic E-state index is 13.9. The van der Waals surface area contributed by atoms with Crippen molar-refractivity contribution in [2.24, 2.45) is 0 Å². The second-order valence-electron chi connectivity index (χ2n) is 5.35. The normalized spacial score (nSPS) is 18.2. The summed E-state index contributed by atoms with van der Waals surface area (Å²) < 4.78 is 19.3. The molecule has 4 heteroatoms. The van der Waals surface area contributed by atoms with Crippen molar-refractivity contribution < 1.29 is 9.13 Å². The highest BCUT2D eigenvalue weighted by atomic mass is 32.2. The third kappa shape index (κ3) is 3.96. The molecule has 1 aliphatic heterocycles. The molecule has 1 unspecified atom stereocenters. The summed E-state index contributed by atoms with van der Waals surface area (Å²) in [6, 6.07) is 3.88. The third-order valence-corrected chi connectivity index (χ3v) is 5.14. The molecule has 0 aromatic heterocycles. The van der Waals surface area contributed by atoms with E-state index in [1.54, 1.807) is 6.07 Å². The molecule has 0 aliphatic carbocycles. The fraction of sp³-hybridized carbons (Fsp3) is 0.625. The first-order valence-corrected chi connectivity index (χ1v) is 8.27. The van der Waals surface area contributed by atoms with Crippen molar-refractivity contribution >= 4 is 11.8 Å². The largest absolute Gasteiger partial charge is 0.381 e. The summed E-state index contributed by atoms with van der Waals surface area (Å²) in [5.41, 5.74) is 1.80. The van der Waals surface area contributed by atoms with E-state index in [4.69, 9.17) is 4.74 Å². The van der Waals surface area contributed by atoms with Gasteiger partial charge in [-0.25, -0.2) is 4.39 Å². The van der Waals surface area contributed by atoms with Gasteiger partial charge >= 0.3 is 0 Å². The summed E-state index contributed by atoms with van der Waals surface area (Å²) in [7, 11) is 0. The van der Waals surface area contributed by atoms with Crippen LogP contribution in [0, 0.1) is 12.7 Å². The number of hydrogen-bond donors (Lipinski definition) is 1. The Kier molecular flexibility index (Phi) is 5.87. The number of thioether (sulfide) groups is 1. The quantitative estimate of drug-likeness (QED) is 0.885. The predicted molar refractivity (Wildman–Crippen MR) is 82.9 cm³/mol. The molecule has 1 aromatic carbocycles. The summed E-state index contributed by atoms with van der Waals surface area (Å²) in [5.74, 6) is -0.110. The van der Waals surface area contributed by atoms with Crippen molar-refractivity contribution in [1.82, 2.24) is 5.32 Å². The lowest BCUT2D eigenvalue weighted by Crippen LogP contribution is -2.20. The van der Waals surface area contributed by atoms with Gasteiger partial charge in [-0.2, -0.15) is 0 Å². The molecule has 1 heterocycles. The summed E-state index contributed by atoms with van der Waals surface area (Å²) in [5, 5.41) is 3.97. The fourth-order valence-corrected chi connectivity index (χ4v) is 3.90. The smallest absolute Gasteiger partial charge is 0.126 e. The Morgan fingerprint density at radius 1 is 1.40 bits per heavy atom. The Bertz CT molecular complexity index is 446. The Hall–Kier alpha value is -0.580. The standard InChI is InChI=1S/C16H24FNOS/c1-4-18-12(3)14-10-15(17)11(2)9-16(14)20-13-5-7-19-8-6-13/h9-10,12-13,18H,4-8H2,1-3H3. The van der Waals surface area contributed by atoms with E-state index in [1.165, 1.54) is 4.90 Å². The van der Waals surface area contributed by atoms with Crippen LogP contribution in [0.2, 0.25) is 0 Å². The van der Waals surface area contributed by atoms with E-state index in [-0.39, 0.29) is 11.9 Å². The SMILES string of the molecule is CCNC(C)c1cc(F)c(C)cc1SC1CCOCC1. The number of ether oxygens (including phenoxy) is 1. The Labute approximate surface area is 125 Å². The zero-order valence-electron chi connectivity index (χ0n) is 12.5. The number of rotatable bonds is 5. The van der Waals surface area contributed by atoms with E-state index < -0.39 is 0 Å². The van der Waals surface area contributed by atoms with Crippen LogP contribution in [0.25, 0.3) is 0 Å². The topological polar surface area (TPSA) is 21.3 Å². The monoisotopic (exact) mass is 297 g/mol. The van der Waals surface area contributed by atoms with Gasteiger partial charge in [-0.3, -0.25) is 0 Å². The lowest BCUT2D eigenvalue weighted by molar-refractivity contribution is 0.1000. The maximum atomic E-state index is 13.9. The molecule has 0 spiro atoms. The van der Waals surface area contributed by atoms with Gasteiger partial charge in [-0.15, -0.1) is 11.8 Å². The molecule has 112 valence electrons. The van der Waals surface area contributed by atoms with Gasteiger partial charge in [-0.05, 0) is 56.5 Å². The lowest BCUT2D eigenvalue weighted by Gasteiger charge is -2.24. The van der Waals surface area contributed by atoms with E-state index in [0.717, 1.165) is 43.7 Å². The number of aryl methyl sites for hydroxylation is 1. The van der Waals surface area contributed by atoms with Gasteiger partial charge < -0.3 is 10.1 Å². The van der Waals surface area contributed by atoms with E-state index in [0.29, 0.717) is 5.25 Å². The molecule has 1 aliphatic rings. The molecule has 0 saturated carbocycles. The molecule has 2 nitrogen and oxygen atoms in total. The van der Waals surface area contributed by atoms with Gasteiger partial charge in [0.1, 0.15) is 5.82 Å². The van der Waals surface area contributed by atoms with Crippen LogP contribution in [0.15, 0.2) is 17.0 Å². The number of hydrogen-bond acceptors (Lipinski definition) is 3. The van der Waals surface area contributed by atoms with Crippen LogP contribution in [0.4, 0.5) is 4.39 Å². The van der Waals surface area contributed by atoms with Gasteiger partial charge in [0.15, 0.2) is 0 Å². The minimum Gasteiger partial charge on any atom is -0.381 e. The maximum Gasteiger partial charge on any atom is 0.126 e. The molecular weight excluding hydrogens is 273 g/mol. The summed E-state index contributed by atoms with van der Waals surface area (Å²) in [6.45, 7) is 8.59. The average Bonchev–Trinajstić information content (AvgIpc) is 2.44. The van der Waals surface area contributed by atoms with Crippen LogP contribution in [0.1, 0.15) is 43.9 Å². The molecular formula is C16H24FNOS. The Balaban J connectivity index is 2.21. The summed E-state index contributed by atoms with van der Waals surface area (Å²) in [6.07, 6.45) is 2.16. The van der Waals surface area contributed by atoms with Crippen LogP contribution in [-0.2, 0) is 4.74 Å². The molecule has 1 atom stereocenters. The first-order chi connectivity index (χ1) is 9.61. The van der Waals surface area contributed by atoms with Crippen LogP contribution < -0.4 is 5.32 Å². The van der Waals surface area contributed by atoms with Gasteiger partial charge in [0.2, 0.25) is 0 Å². The molecule has 0 amide bonds. The van der Waals surface area contributed by atoms with Crippen molar-refractivity contribution in [2.45, 2.75) is 49.8 Å². The van der Waals surface area contributed by atoms with E-state index >= 15 is 0 Å². The highest BCUT2D eigenvalue weighted by Gasteiger charge is 2.19. The highest BCUT2D eigenvalue weighted by molar-refractivity contribution is 8.00. The Morgan fingerprint density at radius 2 is 2.10 bits per heavy atom. The second kappa shape index (κ2) is 7.43. The zero-order chi connectivity index (χ0) is 14.5. The molecule has 0 radical (unpaired) electrons. The van der Waals surface area contributed by atoms with Gasteiger partial charge in [0.25, 0.3) is 0 Å². The first kappa shape index (κ1) is 15.8. The average molecular weight is 297 g/mol. The summed E-state index contributed by atoms with van der Waals surface area (Å²) >= 11 is 1.88. The van der Waals surface area contributed by atoms with E-state index in [9.17, 15) is 4.39 Å². The number of benzene rings is 1. The number of nitrogens with one attached hydrogen (secondary N) is 1. The van der Waals surface area contributed by atoms with Gasteiger partial charge in [-0.1, -0.05) is 6.92 Å². The fourth-order valence-electron chi connectivity index (χ4n) is 2.50. The Morgan fingerprint density at radius 3 is 2.75 bits per heavy atom. The third-order valence-electron chi connectivity index (χ3n) is 3.73. The lowest BCUT2D eigenvalue weighted by atomic mass is 10.1. The summed E-state index contributed by atoms with van der Waals surface area (Å²) in [4.78, 5) is 1.21. The second-order valence-corrected chi connectivity index (χ2v) is 6.69. The van der Waals surface area contributed by atoms with Crippen LogP contribution >= 0.6 is 11.8 Å². The zero-order valence-corrected chi connectivity index (χ0v) is 13.4. The van der Waals surface area contributed by atoms with Gasteiger partial charge in [0.05, 0.1) is 0 Å². The molecule has 1 N–H and O–H groups in total. The van der Waals surface area contributed by atoms with Crippen molar-refractivity contribution in [3.8, 4) is 0 Å². The van der Waals surface area contributed by atoms with Crippen LogP contribution in [-0.4, -0.2) is 25.0 Å². The molecule has 0 bridgehead atoms. The molecule has 1 aromatic rings. The van der Waals surface area contributed by atoms with Crippen molar-refractivity contribution in [3.63, 3.8) is 0 Å². The molecule has 1 fully saturated rings. The first-order valence-electron chi connectivity index (χ1n) is 7.39. The molecule has 20 heavy (non-hydrogen) atoms. The van der Waals surface area contributed by atoms with E-state index in [2.05, 4.69) is 19.2 Å². The highest BCUT2D eigenvalue weighted by Crippen LogP contribution is 2.35. The van der Waals surface area contributed by atoms with E-state index in [1.807, 2.05) is 24.8 Å². The minimum atomic E-state index is -0.110. The van der Waals surface area contributed by atoms with Crippen molar-refractivity contribution in [3.05, 3.63) is 29.1 Å². The predicted octanol–water partition coefficient (Wildman–Crippen LogP) is 4.08. The van der Waals surface area contributed by atoms with Crippen LogP contribution in [0.5, 0.6) is 0 Å². The van der Waals surface area contributed by atoms with Crippen molar-refractivity contribution in [2.75, 3.05) is 19.8 Å². The van der Waals surface area contributed by atoms with Crippen LogP contribution in [0.3, 0.4) is 0 Å². The van der Waals surface area contributed by atoms with Gasteiger partial charge in [0, 0.05) is 29.4 Å². The molecule has 1 saturated heterocycles.